The van der Waals surface area contributed by atoms with Gasteiger partial charge in [0.2, 0.25) is 0 Å². The van der Waals surface area contributed by atoms with Crippen LogP contribution in [0.2, 0.25) is 19.6 Å². The molecule has 1 aliphatic heterocycles. The van der Waals surface area contributed by atoms with Gasteiger partial charge < -0.3 is 9.47 Å². The molecule has 0 saturated heterocycles. The van der Waals surface area contributed by atoms with E-state index in [1.807, 2.05) is 29.0 Å². The average Bonchev–Trinajstić information content (AvgIpc) is 3.07. The van der Waals surface area contributed by atoms with Gasteiger partial charge in [-0.05, 0) is 12.1 Å². The van der Waals surface area contributed by atoms with Crippen LogP contribution in [0.5, 0.6) is 11.5 Å². The molecule has 6 heteroatoms. The molecular weight excluding hydrogens is 308 g/mol. The molecule has 0 atom stereocenters. The Bertz CT molecular complexity index is 793. The van der Waals surface area contributed by atoms with Gasteiger partial charge in [-0.25, -0.2) is 0 Å². The van der Waals surface area contributed by atoms with Crippen molar-refractivity contribution in [3.63, 3.8) is 0 Å². The summed E-state index contributed by atoms with van der Waals surface area (Å²) in [6.07, 6.45) is 1.86. The Morgan fingerprint density at radius 1 is 1.00 bits per heavy atom. The molecule has 120 valence electrons. The summed E-state index contributed by atoms with van der Waals surface area (Å²) in [5.74, 6) is 1.31. The molecule has 0 spiro atoms. The van der Waals surface area contributed by atoms with Crippen LogP contribution in [-0.4, -0.2) is 43.7 Å². The Hall–Kier alpha value is -2.34. The van der Waals surface area contributed by atoms with Crippen molar-refractivity contribution in [1.29, 1.82) is 0 Å². The van der Waals surface area contributed by atoms with E-state index >= 15 is 0 Å². The number of carbonyl (C=O) groups is 1. The third kappa shape index (κ3) is 2.59. The third-order valence-corrected chi connectivity index (χ3v) is 5.88. The maximum absolute atomic E-state index is 12.9. The van der Waals surface area contributed by atoms with E-state index in [0.29, 0.717) is 11.5 Å². The Labute approximate surface area is 136 Å². The van der Waals surface area contributed by atoms with Crippen molar-refractivity contribution in [3.05, 3.63) is 36.0 Å². The van der Waals surface area contributed by atoms with E-state index in [-0.39, 0.29) is 6.03 Å². The van der Waals surface area contributed by atoms with E-state index in [1.165, 1.54) is 0 Å². The molecule has 0 N–H and O–H groups in total. The fourth-order valence-electron chi connectivity index (χ4n) is 2.76. The van der Waals surface area contributed by atoms with Crippen LogP contribution in [0.25, 0.3) is 0 Å². The molecule has 1 aromatic heterocycles. The topological polar surface area (TPSA) is 43.5 Å². The molecule has 0 unspecified atom stereocenters. The summed E-state index contributed by atoms with van der Waals surface area (Å²) in [7, 11) is 1.60. The molecule has 2 heterocycles. The lowest BCUT2D eigenvalue weighted by molar-refractivity contribution is -0.321. The number of benzene rings is 1. The molecule has 23 heavy (non-hydrogen) atoms. The number of amides is 1. The smallest absolute Gasteiger partial charge is 0.496 e. The van der Waals surface area contributed by atoms with Crippen molar-refractivity contribution < 1.29 is 18.8 Å². The molecule has 1 aromatic carbocycles. The zero-order valence-corrected chi connectivity index (χ0v) is 15.1. The predicted molar refractivity (Wildman–Crippen MR) is 92.8 cm³/mol. The summed E-state index contributed by atoms with van der Waals surface area (Å²) < 4.78 is 14.1. The number of carbonyl (C=O) groups excluding carboxylic acids is 1. The minimum atomic E-state index is -1.60. The number of methoxy groups -OCH3 is 2. The fraction of sp³-hybridized carbons (Fsp3) is 0.294. The van der Waals surface area contributed by atoms with E-state index in [1.54, 1.807) is 24.9 Å². The number of aromatic nitrogens is 1. The lowest BCUT2D eigenvalue weighted by Gasteiger charge is -2.13. The first-order chi connectivity index (χ1) is 10.8. The van der Waals surface area contributed by atoms with Crippen molar-refractivity contribution in [2.24, 2.45) is 0 Å². The van der Waals surface area contributed by atoms with Crippen LogP contribution in [0, 0.1) is 0 Å². The Balaban J connectivity index is 2.07. The van der Waals surface area contributed by atoms with Crippen molar-refractivity contribution in [3.8, 4) is 11.5 Å². The lowest BCUT2D eigenvalue weighted by Crippen LogP contribution is -2.45. The first-order valence-corrected chi connectivity index (χ1v) is 11.0. The standard InChI is InChI=1S/C17H21N2O3Si/c1-21-14-8-13(9-15(10-14)22-2)18-11-12-6-7-16(23(3,4)5)19(12)17(18)20/h6-11H,1-5H3/q+1. The van der Waals surface area contributed by atoms with E-state index in [9.17, 15) is 4.79 Å². The van der Waals surface area contributed by atoms with Crippen LogP contribution >= 0.6 is 0 Å². The molecule has 0 aliphatic carbocycles. The summed E-state index contributed by atoms with van der Waals surface area (Å²) in [5, 5.41) is 1.13. The van der Waals surface area contributed by atoms with Crippen LogP contribution < -0.4 is 14.8 Å². The largest absolute Gasteiger partial charge is 0.508 e. The Morgan fingerprint density at radius 2 is 1.61 bits per heavy atom. The van der Waals surface area contributed by atoms with Gasteiger partial charge in [-0.1, -0.05) is 19.6 Å². The number of rotatable bonds is 4. The van der Waals surface area contributed by atoms with Crippen LogP contribution in [0.4, 0.5) is 10.5 Å². The van der Waals surface area contributed by atoms with Gasteiger partial charge in [-0.2, -0.15) is 13.9 Å². The molecule has 3 rings (SSSR count). The highest BCUT2D eigenvalue weighted by atomic mass is 28.3. The number of nitrogens with zero attached hydrogens (tertiary/aromatic N) is 2. The van der Waals surface area contributed by atoms with Gasteiger partial charge in [0.15, 0.2) is 5.69 Å². The van der Waals surface area contributed by atoms with Crippen LogP contribution in [-0.2, 0) is 0 Å². The quantitative estimate of drug-likeness (QED) is 0.640. The first kappa shape index (κ1) is 15.5. The summed E-state index contributed by atoms with van der Waals surface area (Å²) in [4.78, 5) is 12.9. The van der Waals surface area contributed by atoms with E-state index in [2.05, 4.69) is 25.7 Å². The predicted octanol–water partition coefficient (Wildman–Crippen LogP) is 2.80. The Kier molecular flexibility index (Phi) is 3.64. The SMILES string of the molecule is COc1cc(OC)cc([N+]2=Cc3ccc([Si](C)(C)C)n3C2=O)c1. The summed E-state index contributed by atoms with van der Waals surface area (Å²) in [6.45, 7) is 6.71. The van der Waals surface area contributed by atoms with Gasteiger partial charge in [0.05, 0.1) is 19.5 Å². The number of hydrogen-bond acceptors (Lipinski definition) is 3. The van der Waals surface area contributed by atoms with Gasteiger partial charge in [-0.3, -0.25) is 0 Å². The van der Waals surface area contributed by atoms with Crippen molar-refractivity contribution in [2.45, 2.75) is 19.6 Å². The van der Waals surface area contributed by atoms with E-state index in [4.69, 9.17) is 9.47 Å². The summed E-state index contributed by atoms with van der Waals surface area (Å²) in [6, 6.07) is 9.47. The van der Waals surface area contributed by atoms with Crippen molar-refractivity contribution >= 4 is 31.3 Å². The fourth-order valence-corrected chi connectivity index (χ4v) is 4.24. The van der Waals surface area contributed by atoms with Crippen molar-refractivity contribution in [2.75, 3.05) is 14.2 Å². The second kappa shape index (κ2) is 5.38. The van der Waals surface area contributed by atoms with Gasteiger partial charge in [0.1, 0.15) is 31.5 Å². The molecule has 1 aliphatic rings. The summed E-state index contributed by atoms with van der Waals surface area (Å²) in [5.41, 5.74) is 1.64. The summed E-state index contributed by atoms with van der Waals surface area (Å²) >= 11 is 0. The van der Waals surface area contributed by atoms with Gasteiger partial charge in [0.25, 0.3) is 0 Å². The highest BCUT2D eigenvalue weighted by Crippen LogP contribution is 2.29. The zero-order chi connectivity index (χ0) is 16.8. The monoisotopic (exact) mass is 329 g/mol. The molecule has 2 aromatic rings. The minimum absolute atomic E-state index is 0.0577. The van der Waals surface area contributed by atoms with E-state index < -0.39 is 8.07 Å². The van der Waals surface area contributed by atoms with Crippen LogP contribution in [0.15, 0.2) is 30.3 Å². The normalized spacial score (nSPS) is 13.8. The zero-order valence-electron chi connectivity index (χ0n) is 14.1. The maximum atomic E-state index is 12.9. The van der Waals surface area contributed by atoms with E-state index in [0.717, 1.165) is 16.7 Å². The van der Waals surface area contributed by atoms with Crippen molar-refractivity contribution in [1.82, 2.24) is 4.57 Å². The molecular formula is C17H21N2O3Si+. The number of hydrogen-bond donors (Lipinski definition) is 0. The third-order valence-electron chi connectivity index (χ3n) is 3.95. The number of ether oxygens (including phenoxy) is 2. The highest BCUT2D eigenvalue weighted by molar-refractivity contribution is 6.88. The van der Waals surface area contributed by atoms with Crippen LogP contribution in [0.1, 0.15) is 5.69 Å². The highest BCUT2D eigenvalue weighted by Gasteiger charge is 2.38. The first-order valence-electron chi connectivity index (χ1n) is 7.49. The molecule has 0 bridgehead atoms. The molecule has 0 radical (unpaired) electrons. The molecule has 1 amide bonds. The minimum Gasteiger partial charge on any atom is -0.496 e. The number of fused-ring (bicyclic) bond motifs is 1. The lowest BCUT2D eigenvalue weighted by atomic mass is 10.2. The van der Waals surface area contributed by atoms with Crippen LogP contribution in [0.3, 0.4) is 0 Å². The molecule has 0 fully saturated rings. The van der Waals surface area contributed by atoms with Gasteiger partial charge >= 0.3 is 6.03 Å². The Morgan fingerprint density at radius 3 is 2.13 bits per heavy atom. The van der Waals surface area contributed by atoms with Gasteiger partial charge in [-0.15, -0.1) is 0 Å². The molecule has 5 nitrogen and oxygen atoms in total. The maximum Gasteiger partial charge on any atom is 0.508 e. The molecule has 0 saturated carbocycles. The van der Waals surface area contributed by atoms with Gasteiger partial charge in [0, 0.05) is 18.2 Å². The average molecular weight is 329 g/mol. The second-order valence-corrected chi connectivity index (χ2v) is 11.6. The second-order valence-electron chi connectivity index (χ2n) is 6.58.